The van der Waals surface area contributed by atoms with Crippen LogP contribution in [-0.4, -0.2) is 24.7 Å². The van der Waals surface area contributed by atoms with Gasteiger partial charge >= 0.3 is 5.97 Å². The number of ether oxygens (including phenoxy) is 1. The van der Waals surface area contributed by atoms with E-state index in [2.05, 4.69) is 22.2 Å². The third kappa shape index (κ3) is 4.77. The van der Waals surface area contributed by atoms with E-state index in [9.17, 15) is 9.59 Å². The first kappa shape index (κ1) is 15.9. The Hall–Kier alpha value is -1.49. The predicted molar refractivity (Wildman–Crippen MR) is 83.2 cm³/mol. The number of hydrogen-bond acceptors (Lipinski definition) is 4. The van der Waals surface area contributed by atoms with Crippen LogP contribution in [0, 0.1) is 0 Å². The minimum absolute atomic E-state index is 0.0616. The van der Waals surface area contributed by atoms with Crippen LogP contribution in [0.5, 0.6) is 0 Å². The summed E-state index contributed by atoms with van der Waals surface area (Å²) in [7, 11) is 1.38. The van der Waals surface area contributed by atoms with Crippen molar-refractivity contribution in [2.45, 2.75) is 43.0 Å². The van der Waals surface area contributed by atoms with Gasteiger partial charge in [0.05, 0.1) is 13.2 Å². The fourth-order valence-electron chi connectivity index (χ4n) is 2.42. The normalized spacial score (nSPS) is 16.9. The molecule has 1 aliphatic heterocycles. The lowest BCUT2D eigenvalue weighted by Crippen LogP contribution is -2.30. The highest BCUT2D eigenvalue weighted by Crippen LogP contribution is 2.35. The Morgan fingerprint density at radius 3 is 2.86 bits per heavy atom. The van der Waals surface area contributed by atoms with Crippen LogP contribution in [0.4, 0.5) is 0 Å². The number of carbonyl (C=O) groups is 2. The first-order chi connectivity index (χ1) is 10.2. The third-order valence-corrected chi connectivity index (χ3v) is 4.68. The summed E-state index contributed by atoms with van der Waals surface area (Å²) in [5.41, 5.74) is 1.22. The summed E-state index contributed by atoms with van der Waals surface area (Å²) in [6.45, 7) is 0. The van der Waals surface area contributed by atoms with Crippen molar-refractivity contribution in [1.82, 2.24) is 5.32 Å². The molecule has 0 aromatic heterocycles. The van der Waals surface area contributed by atoms with E-state index in [1.807, 2.05) is 23.9 Å². The lowest BCUT2D eigenvalue weighted by atomic mass is 10.0. The van der Waals surface area contributed by atoms with Crippen LogP contribution in [0.15, 0.2) is 29.2 Å². The van der Waals surface area contributed by atoms with Crippen LogP contribution < -0.4 is 5.32 Å². The summed E-state index contributed by atoms with van der Waals surface area (Å²) in [4.78, 5) is 24.3. The van der Waals surface area contributed by atoms with Gasteiger partial charge in [0.15, 0.2) is 0 Å². The minimum atomic E-state index is -0.214. The predicted octanol–water partition coefficient (Wildman–Crippen LogP) is 3.07. The van der Waals surface area contributed by atoms with Crippen molar-refractivity contribution in [3.05, 3.63) is 29.8 Å². The van der Waals surface area contributed by atoms with Gasteiger partial charge in [-0.05, 0) is 30.9 Å². The highest BCUT2D eigenvalue weighted by atomic mass is 32.2. The highest BCUT2D eigenvalue weighted by Gasteiger charge is 2.21. The molecule has 1 atom stereocenters. The van der Waals surface area contributed by atoms with Gasteiger partial charge in [0.1, 0.15) is 0 Å². The molecule has 1 heterocycles. The standard InChI is InChI=1S/C16H21NO3S/c1-20-16(19)9-5-4-8-15(18)17-13-10-11-21-14-7-3-2-6-12(13)14/h2-3,6-7,13H,4-5,8-11H2,1H3,(H,17,18)/t13-/m1/s1. The first-order valence-corrected chi connectivity index (χ1v) is 8.27. The molecule has 1 aliphatic rings. The largest absolute Gasteiger partial charge is 0.469 e. The molecule has 0 fully saturated rings. The van der Waals surface area contributed by atoms with Crippen molar-refractivity contribution in [1.29, 1.82) is 0 Å². The van der Waals surface area contributed by atoms with Crippen LogP contribution in [0.1, 0.15) is 43.7 Å². The molecule has 0 saturated heterocycles. The zero-order chi connectivity index (χ0) is 15.1. The smallest absolute Gasteiger partial charge is 0.305 e. The van der Waals surface area contributed by atoms with Crippen molar-refractivity contribution >= 4 is 23.6 Å². The molecule has 0 aliphatic carbocycles. The molecule has 5 heteroatoms. The third-order valence-electron chi connectivity index (χ3n) is 3.56. The number of rotatable bonds is 6. The lowest BCUT2D eigenvalue weighted by Gasteiger charge is -2.25. The lowest BCUT2D eigenvalue weighted by molar-refractivity contribution is -0.140. The Labute approximate surface area is 129 Å². The Balaban J connectivity index is 1.77. The summed E-state index contributed by atoms with van der Waals surface area (Å²) in [6.07, 6.45) is 3.21. The fourth-order valence-corrected chi connectivity index (χ4v) is 3.54. The number of thioether (sulfide) groups is 1. The summed E-state index contributed by atoms with van der Waals surface area (Å²) in [5, 5.41) is 3.11. The number of unbranched alkanes of at least 4 members (excludes halogenated alkanes) is 1. The Morgan fingerprint density at radius 1 is 1.29 bits per heavy atom. The first-order valence-electron chi connectivity index (χ1n) is 7.28. The van der Waals surface area contributed by atoms with E-state index >= 15 is 0 Å². The van der Waals surface area contributed by atoms with Crippen molar-refractivity contribution in [3.8, 4) is 0 Å². The van der Waals surface area contributed by atoms with Gasteiger partial charge in [-0.3, -0.25) is 9.59 Å². The molecule has 2 rings (SSSR count). The number of nitrogens with one attached hydrogen (secondary N) is 1. The van der Waals surface area contributed by atoms with Crippen LogP contribution in [0.2, 0.25) is 0 Å². The van der Waals surface area contributed by atoms with E-state index in [0.29, 0.717) is 25.7 Å². The second-order valence-corrected chi connectivity index (χ2v) is 6.22. The fraction of sp³-hybridized carbons (Fsp3) is 0.500. The monoisotopic (exact) mass is 307 g/mol. The molecule has 1 aromatic rings. The molecule has 0 spiro atoms. The van der Waals surface area contributed by atoms with Crippen LogP contribution in [0.3, 0.4) is 0 Å². The molecule has 0 radical (unpaired) electrons. The zero-order valence-corrected chi connectivity index (χ0v) is 13.1. The quantitative estimate of drug-likeness (QED) is 0.648. The molecule has 21 heavy (non-hydrogen) atoms. The van der Waals surface area contributed by atoms with Gasteiger partial charge in [-0.1, -0.05) is 18.2 Å². The molecule has 1 N–H and O–H groups in total. The Bertz CT molecular complexity index is 504. The summed E-state index contributed by atoms with van der Waals surface area (Å²) >= 11 is 1.84. The van der Waals surface area contributed by atoms with Crippen molar-refractivity contribution in [3.63, 3.8) is 0 Å². The van der Waals surface area contributed by atoms with E-state index in [-0.39, 0.29) is 17.9 Å². The average molecular weight is 307 g/mol. The van der Waals surface area contributed by atoms with E-state index in [0.717, 1.165) is 12.2 Å². The number of hydrogen-bond donors (Lipinski definition) is 1. The van der Waals surface area contributed by atoms with E-state index in [1.54, 1.807) is 0 Å². The zero-order valence-electron chi connectivity index (χ0n) is 12.3. The molecular formula is C16H21NO3S. The molecule has 1 amide bonds. The topological polar surface area (TPSA) is 55.4 Å². The second kappa shape index (κ2) is 8.08. The Morgan fingerprint density at radius 2 is 2.05 bits per heavy atom. The van der Waals surface area contributed by atoms with Crippen molar-refractivity contribution in [2.75, 3.05) is 12.9 Å². The van der Waals surface area contributed by atoms with Gasteiger partial charge in [-0.15, -0.1) is 11.8 Å². The molecule has 0 unspecified atom stereocenters. The molecular weight excluding hydrogens is 286 g/mol. The van der Waals surface area contributed by atoms with Gasteiger partial charge in [0, 0.05) is 23.5 Å². The van der Waals surface area contributed by atoms with Crippen molar-refractivity contribution < 1.29 is 14.3 Å². The maximum Gasteiger partial charge on any atom is 0.305 e. The SMILES string of the molecule is COC(=O)CCCCC(=O)N[C@@H]1CCSc2ccccc21. The maximum atomic E-state index is 12.0. The van der Waals surface area contributed by atoms with Crippen LogP contribution in [0.25, 0.3) is 0 Å². The van der Waals surface area contributed by atoms with E-state index < -0.39 is 0 Å². The van der Waals surface area contributed by atoms with Gasteiger partial charge in [-0.25, -0.2) is 0 Å². The van der Waals surface area contributed by atoms with Crippen LogP contribution >= 0.6 is 11.8 Å². The molecule has 4 nitrogen and oxygen atoms in total. The maximum absolute atomic E-state index is 12.0. The van der Waals surface area contributed by atoms with Gasteiger partial charge in [-0.2, -0.15) is 0 Å². The second-order valence-electron chi connectivity index (χ2n) is 5.08. The number of esters is 1. The highest BCUT2D eigenvalue weighted by molar-refractivity contribution is 7.99. The minimum Gasteiger partial charge on any atom is -0.469 e. The van der Waals surface area contributed by atoms with Gasteiger partial charge in [0.25, 0.3) is 0 Å². The molecule has 1 aromatic carbocycles. The van der Waals surface area contributed by atoms with Crippen LogP contribution in [-0.2, 0) is 14.3 Å². The number of amides is 1. The number of fused-ring (bicyclic) bond motifs is 1. The summed E-state index contributed by atoms with van der Waals surface area (Å²) < 4.78 is 4.58. The van der Waals surface area contributed by atoms with Gasteiger partial charge in [0.2, 0.25) is 5.91 Å². The van der Waals surface area contributed by atoms with E-state index in [1.165, 1.54) is 17.6 Å². The molecule has 0 bridgehead atoms. The van der Waals surface area contributed by atoms with E-state index in [4.69, 9.17) is 0 Å². The summed E-state index contributed by atoms with van der Waals surface area (Å²) in [5.74, 6) is 0.879. The number of carbonyl (C=O) groups excluding carboxylic acids is 2. The molecule has 0 saturated carbocycles. The summed E-state index contributed by atoms with van der Waals surface area (Å²) in [6, 6.07) is 8.36. The average Bonchev–Trinajstić information content (AvgIpc) is 2.51. The number of benzene rings is 1. The van der Waals surface area contributed by atoms with Crippen molar-refractivity contribution in [2.24, 2.45) is 0 Å². The number of methoxy groups -OCH3 is 1. The van der Waals surface area contributed by atoms with Gasteiger partial charge < -0.3 is 10.1 Å². The molecule has 114 valence electrons. The Kier molecular flexibility index (Phi) is 6.11.